The Hall–Kier alpha value is -4.17. The van der Waals surface area contributed by atoms with Gasteiger partial charge < -0.3 is 15.5 Å². The van der Waals surface area contributed by atoms with Crippen LogP contribution in [0.3, 0.4) is 0 Å². The van der Waals surface area contributed by atoms with E-state index in [9.17, 15) is 17.8 Å². The number of amides is 1. The molecule has 3 aromatic carbocycles. The lowest BCUT2D eigenvalue weighted by Gasteiger charge is -2.38. The zero-order valence-corrected chi connectivity index (χ0v) is 24.1. The molecule has 41 heavy (non-hydrogen) atoms. The SMILES string of the molecule is CO/N=C(\C(=O)N[C@H]1CN(S(=O)(=O)O)C1=S)c1csc(NC(c2ccccc2)(c2ccccc2)c2ccccc2)n1. The van der Waals surface area contributed by atoms with E-state index in [1.54, 1.807) is 5.38 Å². The first-order valence-corrected chi connectivity index (χ1v) is 15.0. The smallest absolute Gasteiger partial charge is 0.360 e. The molecule has 10 nitrogen and oxygen atoms in total. The molecule has 1 aliphatic heterocycles. The second kappa shape index (κ2) is 11.7. The number of nitrogens with zero attached hydrogens (tertiary/aromatic N) is 3. The molecule has 2 heterocycles. The molecule has 1 aromatic heterocycles. The lowest BCUT2D eigenvalue weighted by Crippen LogP contribution is -2.65. The molecule has 13 heteroatoms. The van der Waals surface area contributed by atoms with Crippen LogP contribution in [0.4, 0.5) is 5.13 Å². The second-order valence-electron chi connectivity index (χ2n) is 9.01. The van der Waals surface area contributed by atoms with Crippen molar-refractivity contribution < 1.29 is 22.6 Å². The minimum atomic E-state index is -4.48. The predicted octanol–water partition coefficient (Wildman–Crippen LogP) is 3.83. The van der Waals surface area contributed by atoms with Crippen molar-refractivity contribution >= 4 is 55.6 Å². The molecule has 0 radical (unpaired) electrons. The maximum absolute atomic E-state index is 13.1. The Bertz CT molecular complexity index is 1580. The molecule has 1 saturated heterocycles. The lowest BCUT2D eigenvalue weighted by molar-refractivity contribution is -0.115. The van der Waals surface area contributed by atoms with Crippen molar-refractivity contribution in [3.63, 3.8) is 0 Å². The van der Waals surface area contributed by atoms with E-state index in [4.69, 9.17) is 22.0 Å². The number of carbonyl (C=O) groups excluding carboxylic acids is 1. The maximum Gasteiger partial charge on any atom is 0.360 e. The first kappa shape index (κ1) is 28.4. The fourth-order valence-corrected chi connectivity index (χ4v) is 6.55. The number of carbonyl (C=O) groups is 1. The summed E-state index contributed by atoms with van der Waals surface area (Å²) in [7, 11) is -3.18. The number of oxime groups is 1. The third-order valence-electron chi connectivity index (χ3n) is 6.54. The molecule has 1 amide bonds. The van der Waals surface area contributed by atoms with Gasteiger partial charge in [0.15, 0.2) is 10.8 Å². The highest BCUT2D eigenvalue weighted by molar-refractivity contribution is 7.87. The molecule has 3 N–H and O–H groups in total. The van der Waals surface area contributed by atoms with E-state index in [1.165, 1.54) is 18.4 Å². The summed E-state index contributed by atoms with van der Waals surface area (Å²) in [6.45, 7) is -0.193. The van der Waals surface area contributed by atoms with Gasteiger partial charge in [0.2, 0.25) is 0 Å². The van der Waals surface area contributed by atoms with E-state index in [0.29, 0.717) is 9.44 Å². The number of hydrogen-bond acceptors (Lipinski definition) is 9. The Balaban J connectivity index is 1.49. The summed E-state index contributed by atoms with van der Waals surface area (Å²) in [5.41, 5.74) is 2.27. The van der Waals surface area contributed by atoms with Crippen LogP contribution in [0.2, 0.25) is 0 Å². The van der Waals surface area contributed by atoms with Crippen molar-refractivity contribution in [2.75, 3.05) is 19.0 Å². The van der Waals surface area contributed by atoms with Gasteiger partial charge in [-0.25, -0.2) is 9.29 Å². The van der Waals surface area contributed by atoms with E-state index in [1.807, 2.05) is 91.0 Å². The highest BCUT2D eigenvalue weighted by Crippen LogP contribution is 2.40. The summed E-state index contributed by atoms with van der Waals surface area (Å²) in [5.74, 6) is -0.661. The molecule has 5 rings (SSSR count). The van der Waals surface area contributed by atoms with Crippen LogP contribution < -0.4 is 10.6 Å². The number of rotatable bonds is 10. The van der Waals surface area contributed by atoms with Gasteiger partial charge in [0.05, 0.1) is 12.6 Å². The molecular formula is C28H25N5O5S3. The van der Waals surface area contributed by atoms with E-state index >= 15 is 0 Å². The van der Waals surface area contributed by atoms with Crippen LogP contribution in [0.1, 0.15) is 22.4 Å². The number of thiocarbonyl (C=S) groups is 1. The van der Waals surface area contributed by atoms with Crippen molar-refractivity contribution in [1.82, 2.24) is 14.6 Å². The Labute approximate surface area is 246 Å². The summed E-state index contributed by atoms with van der Waals surface area (Å²) < 4.78 is 32.6. The molecular weight excluding hydrogens is 583 g/mol. The number of thiazole rings is 1. The molecule has 1 fully saturated rings. The molecule has 210 valence electrons. The number of nitrogens with one attached hydrogen (secondary N) is 2. The second-order valence-corrected chi connectivity index (χ2v) is 11.6. The zero-order chi connectivity index (χ0) is 29.0. The summed E-state index contributed by atoms with van der Waals surface area (Å²) >= 11 is 6.33. The topological polar surface area (TPSA) is 133 Å². The summed E-state index contributed by atoms with van der Waals surface area (Å²) in [5, 5.41) is 12.3. The average molecular weight is 608 g/mol. The number of anilines is 1. The first-order valence-electron chi connectivity index (χ1n) is 12.4. The van der Waals surface area contributed by atoms with Gasteiger partial charge in [0.1, 0.15) is 23.3 Å². The van der Waals surface area contributed by atoms with Gasteiger partial charge in [-0.05, 0) is 16.7 Å². The van der Waals surface area contributed by atoms with Gasteiger partial charge in [-0.1, -0.05) is 108 Å². The van der Waals surface area contributed by atoms with Crippen LogP contribution in [0, 0.1) is 0 Å². The van der Waals surface area contributed by atoms with Crippen molar-refractivity contribution in [1.29, 1.82) is 0 Å². The van der Waals surface area contributed by atoms with Crippen molar-refractivity contribution in [3.05, 3.63) is 119 Å². The van der Waals surface area contributed by atoms with Gasteiger partial charge in [-0.15, -0.1) is 11.3 Å². The number of aromatic nitrogens is 1. The highest BCUT2D eigenvalue weighted by atomic mass is 32.2. The number of benzene rings is 3. The van der Waals surface area contributed by atoms with Crippen LogP contribution in [0.5, 0.6) is 0 Å². The Kier molecular flexibility index (Phi) is 8.13. The summed E-state index contributed by atoms with van der Waals surface area (Å²) in [4.78, 5) is 22.6. The molecule has 1 atom stereocenters. The van der Waals surface area contributed by atoms with Crippen LogP contribution in [-0.4, -0.2) is 58.6 Å². The van der Waals surface area contributed by atoms with Gasteiger partial charge >= 0.3 is 10.3 Å². The third-order valence-corrected chi connectivity index (χ3v) is 8.82. The van der Waals surface area contributed by atoms with Crippen LogP contribution >= 0.6 is 23.6 Å². The van der Waals surface area contributed by atoms with Gasteiger partial charge in [-0.2, -0.15) is 8.42 Å². The molecule has 0 spiro atoms. The molecule has 0 saturated carbocycles. The molecule has 0 bridgehead atoms. The first-order chi connectivity index (χ1) is 19.7. The third kappa shape index (κ3) is 5.70. The minimum absolute atomic E-state index is 0.116. The van der Waals surface area contributed by atoms with Crippen LogP contribution in [0.15, 0.2) is 102 Å². The van der Waals surface area contributed by atoms with E-state index in [0.717, 1.165) is 16.7 Å². The minimum Gasteiger partial charge on any atom is -0.398 e. The Morgan fingerprint density at radius 1 is 1.02 bits per heavy atom. The fourth-order valence-electron chi connectivity index (χ4n) is 4.61. The van der Waals surface area contributed by atoms with E-state index in [-0.39, 0.29) is 22.9 Å². The molecule has 0 unspecified atom stereocenters. The van der Waals surface area contributed by atoms with Gasteiger partial charge in [0.25, 0.3) is 5.91 Å². The van der Waals surface area contributed by atoms with Crippen molar-refractivity contribution in [2.45, 2.75) is 11.6 Å². The average Bonchev–Trinajstić information content (AvgIpc) is 3.45. The molecule has 0 aliphatic carbocycles. The zero-order valence-electron chi connectivity index (χ0n) is 21.7. The normalized spacial score (nSPS) is 15.7. The largest absolute Gasteiger partial charge is 0.398 e. The monoisotopic (exact) mass is 607 g/mol. The van der Waals surface area contributed by atoms with Crippen molar-refractivity contribution in [3.8, 4) is 0 Å². The van der Waals surface area contributed by atoms with E-state index < -0.39 is 27.8 Å². The highest BCUT2D eigenvalue weighted by Gasteiger charge is 2.42. The van der Waals surface area contributed by atoms with Crippen LogP contribution in [-0.2, 0) is 25.5 Å². The van der Waals surface area contributed by atoms with Crippen LogP contribution in [0.25, 0.3) is 0 Å². The predicted molar refractivity (Wildman–Crippen MR) is 161 cm³/mol. The van der Waals surface area contributed by atoms with Crippen molar-refractivity contribution in [2.24, 2.45) is 5.16 Å². The molecule has 4 aromatic rings. The summed E-state index contributed by atoms with van der Waals surface area (Å²) in [6, 6.07) is 29.2. The lowest BCUT2D eigenvalue weighted by atomic mass is 9.77. The summed E-state index contributed by atoms with van der Waals surface area (Å²) in [6.07, 6.45) is 0. The quantitative estimate of drug-likeness (QED) is 0.0815. The van der Waals surface area contributed by atoms with Gasteiger partial charge in [0, 0.05) is 5.38 Å². The van der Waals surface area contributed by atoms with Gasteiger partial charge in [-0.3, -0.25) is 9.35 Å². The van der Waals surface area contributed by atoms with E-state index in [2.05, 4.69) is 15.8 Å². The maximum atomic E-state index is 13.1. The standard InChI is InChI=1S/C28H25N5O5S3/c1-38-32-24(25(34)29-22-17-33(26(22)39)41(35,36)37)23-18-40-27(30-23)31-28(19-11-5-2-6-12-19,20-13-7-3-8-14-20)21-15-9-4-10-16-21/h2-16,18,22H,17H2,1H3,(H,29,34)(H,30,31)(H,35,36,37)/b32-24-/t22-/m0/s1. The Morgan fingerprint density at radius 3 is 1.98 bits per heavy atom. The Morgan fingerprint density at radius 2 is 1.54 bits per heavy atom. The fraction of sp³-hybridized carbons (Fsp3) is 0.143. The number of hydrogen-bond donors (Lipinski definition) is 3. The molecule has 1 aliphatic rings.